The van der Waals surface area contributed by atoms with Crippen molar-refractivity contribution in [2.24, 2.45) is 0 Å². The van der Waals surface area contributed by atoms with Crippen LogP contribution in [0.5, 0.6) is 11.5 Å². The molecule has 14 heteroatoms. The number of nitro benzene ring substituents is 1. The van der Waals surface area contributed by atoms with E-state index in [0.717, 1.165) is 19.3 Å². The molecule has 0 amide bonds. The van der Waals surface area contributed by atoms with Crippen molar-refractivity contribution in [1.82, 2.24) is 0 Å². The number of esters is 1. The van der Waals surface area contributed by atoms with Gasteiger partial charge < -0.3 is 13.7 Å². The van der Waals surface area contributed by atoms with Gasteiger partial charge in [-0.05, 0) is 19.1 Å². The first-order valence-electron chi connectivity index (χ1n) is 7.49. The highest BCUT2D eigenvalue weighted by molar-refractivity contribution is 7.88. The summed E-state index contributed by atoms with van der Waals surface area (Å²) in [6.07, 6.45) is 0.420. The molecule has 0 radical (unpaired) electrons. The van der Waals surface area contributed by atoms with Crippen LogP contribution in [0.3, 0.4) is 0 Å². The van der Waals surface area contributed by atoms with E-state index in [2.05, 4.69) is 4.18 Å². The number of alkyl halides is 3. The number of methoxy groups -OCH3 is 1. The van der Waals surface area contributed by atoms with Gasteiger partial charge in [0.1, 0.15) is 0 Å². The molecule has 0 heterocycles. The maximum Gasteiger partial charge on any atom is 0.534 e. The lowest BCUT2D eigenvalue weighted by Gasteiger charge is -2.13. The number of rotatable bonds is 8. The van der Waals surface area contributed by atoms with Gasteiger partial charge in [-0.1, -0.05) is 0 Å². The van der Waals surface area contributed by atoms with Crippen LogP contribution in [0.15, 0.2) is 17.7 Å². The van der Waals surface area contributed by atoms with Gasteiger partial charge in [-0.15, -0.1) is 0 Å². The van der Waals surface area contributed by atoms with Gasteiger partial charge in [0.2, 0.25) is 0 Å². The van der Waals surface area contributed by atoms with E-state index in [1.54, 1.807) is 6.07 Å². The molecule has 1 rings (SSSR count). The maximum atomic E-state index is 12.5. The Morgan fingerprint density at radius 1 is 1.34 bits per heavy atom. The second kappa shape index (κ2) is 9.24. The molecule has 0 N–H and O–H groups in total. The highest BCUT2D eigenvalue weighted by Gasteiger charge is 2.49. The van der Waals surface area contributed by atoms with Gasteiger partial charge in [0.25, 0.3) is 5.69 Å². The number of hydrogen-bond donors (Lipinski definition) is 0. The molecule has 0 saturated carbocycles. The molecule has 0 atom stereocenters. The molecule has 1 aromatic rings. The molecule has 0 aliphatic heterocycles. The third kappa shape index (κ3) is 5.82. The van der Waals surface area contributed by atoms with E-state index in [1.165, 1.54) is 6.92 Å². The summed E-state index contributed by atoms with van der Waals surface area (Å²) in [6.45, 7) is 1.44. The number of benzene rings is 1. The molecule has 0 aliphatic carbocycles. The summed E-state index contributed by atoms with van der Waals surface area (Å²) in [6, 6.07) is 2.84. The fourth-order valence-corrected chi connectivity index (χ4v) is 2.37. The van der Waals surface area contributed by atoms with Crippen molar-refractivity contribution in [3.05, 3.63) is 33.4 Å². The van der Waals surface area contributed by atoms with E-state index < -0.39 is 50.1 Å². The molecule has 0 saturated heterocycles. The minimum Gasteiger partial charge on any atom is -0.493 e. The second-order valence-corrected chi connectivity index (χ2v) is 6.56. The minimum atomic E-state index is -6.13. The molecule has 0 aliphatic rings. The summed E-state index contributed by atoms with van der Waals surface area (Å²) in [4.78, 5) is 22.1. The Bertz CT molecular complexity index is 981. The Hall–Kier alpha value is -3.34. The molecule has 0 spiro atoms. The Labute approximate surface area is 162 Å². The summed E-state index contributed by atoms with van der Waals surface area (Å²) in [5.41, 5.74) is -7.33. The summed E-state index contributed by atoms with van der Waals surface area (Å²) in [5.74, 6) is -2.64. The number of carbonyl (C=O) groups excluding carboxylic acids is 1. The van der Waals surface area contributed by atoms with Gasteiger partial charge in [-0.2, -0.15) is 26.9 Å². The van der Waals surface area contributed by atoms with Gasteiger partial charge in [-0.3, -0.25) is 10.1 Å². The van der Waals surface area contributed by atoms with E-state index in [-0.39, 0.29) is 17.7 Å². The number of nitriles is 1. The van der Waals surface area contributed by atoms with Crippen LogP contribution in [-0.2, 0) is 19.6 Å². The summed E-state index contributed by atoms with van der Waals surface area (Å²) < 4.78 is 73.4. The van der Waals surface area contributed by atoms with E-state index in [9.17, 15) is 36.5 Å². The zero-order chi connectivity index (χ0) is 22.4. The van der Waals surface area contributed by atoms with Crippen molar-refractivity contribution in [3.63, 3.8) is 0 Å². The second-order valence-electron chi connectivity index (χ2n) is 5.03. The van der Waals surface area contributed by atoms with Crippen molar-refractivity contribution in [2.75, 3.05) is 13.7 Å². The highest BCUT2D eigenvalue weighted by atomic mass is 32.2. The van der Waals surface area contributed by atoms with Crippen molar-refractivity contribution >= 4 is 27.9 Å². The average Bonchev–Trinajstić information content (AvgIpc) is 2.60. The van der Waals surface area contributed by atoms with Crippen molar-refractivity contribution in [1.29, 1.82) is 5.26 Å². The lowest BCUT2D eigenvalue weighted by Crippen LogP contribution is -2.28. The number of carbonyl (C=O) groups is 1. The lowest BCUT2D eigenvalue weighted by atomic mass is 10.1. The van der Waals surface area contributed by atoms with Crippen LogP contribution in [0, 0.1) is 21.4 Å². The topological polar surface area (TPSA) is 146 Å². The molecule has 0 unspecified atom stereocenters. The molecule has 29 heavy (non-hydrogen) atoms. The van der Waals surface area contributed by atoms with Gasteiger partial charge in [0.15, 0.2) is 11.5 Å². The van der Waals surface area contributed by atoms with Crippen LogP contribution < -0.4 is 8.92 Å². The predicted octanol–water partition coefficient (Wildman–Crippen LogP) is 2.69. The number of nitrogens with zero attached hydrogens (tertiary/aromatic N) is 2. The Morgan fingerprint density at radius 2 is 1.97 bits per heavy atom. The Morgan fingerprint density at radius 3 is 2.41 bits per heavy atom. The van der Waals surface area contributed by atoms with Crippen LogP contribution in [0.2, 0.25) is 0 Å². The Balaban J connectivity index is 3.63. The standard InChI is InChI=1S/C15H13F3N2O8S/c1-3-27-14(21)9(4-5-19)6-10-7-12(26-2)13(8-11(10)20(22)23)28-29(24,25)15(16,17)18/h6-8H,3-4H2,1-2H3/b9-6+. The molecule has 1 aromatic carbocycles. The monoisotopic (exact) mass is 438 g/mol. The summed E-state index contributed by atoms with van der Waals surface area (Å²) in [5, 5.41) is 20.1. The zero-order valence-corrected chi connectivity index (χ0v) is 15.7. The van der Waals surface area contributed by atoms with Crippen LogP contribution in [-0.4, -0.2) is 38.5 Å². The van der Waals surface area contributed by atoms with Crippen molar-refractivity contribution in [2.45, 2.75) is 18.9 Å². The minimum absolute atomic E-state index is 0.0465. The van der Waals surface area contributed by atoms with Crippen molar-refractivity contribution in [3.8, 4) is 17.6 Å². The van der Waals surface area contributed by atoms with Crippen LogP contribution in [0.4, 0.5) is 18.9 Å². The van der Waals surface area contributed by atoms with Gasteiger partial charge in [0, 0.05) is 0 Å². The first kappa shape index (κ1) is 23.7. The molecule has 0 bridgehead atoms. The normalized spacial score (nSPS) is 12.1. The van der Waals surface area contributed by atoms with Gasteiger partial charge >= 0.3 is 21.6 Å². The number of hydrogen-bond acceptors (Lipinski definition) is 9. The van der Waals surface area contributed by atoms with E-state index in [0.29, 0.717) is 6.07 Å². The van der Waals surface area contributed by atoms with Crippen LogP contribution in [0.1, 0.15) is 18.9 Å². The molecule has 10 nitrogen and oxygen atoms in total. The fourth-order valence-electron chi connectivity index (χ4n) is 1.91. The van der Waals surface area contributed by atoms with E-state index >= 15 is 0 Å². The van der Waals surface area contributed by atoms with Crippen LogP contribution >= 0.6 is 0 Å². The lowest BCUT2D eigenvalue weighted by molar-refractivity contribution is -0.385. The third-order valence-corrected chi connectivity index (χ3v) is 4.10. The fraction of sp³-hybridized carbons (Fsp3) is 0.333. The first-order chi connectivity index (χ1) is 13.4. The zero-order valence-electron chi connectivity index (χ0n) is 14.8. The van der Waals surface area contributed by atoms with Gasteiger partial charge in [-0.25, -0.2) is 4.79 Å². The smallest absolute Gasteiger partial charge is 0.493 e. The molecular weight excluding hydrogens is 425 g/mol. The summed E-state index contributed by atoms with van der Waals surface area (Å²) in [7, 11) is -5.18. The number of nitro groups is 1. The first-order valence-corrected chi connectivity index (χ1v) is 8.90. The van der Waals surface area contributed by atoms with Crippen LogP contribution in [0.25, 0.3) is 6.08 Å². The molecule has 0 fully saturated rings. The van der Waals surface area contributed by atoms with E-state index in [1.807, 2.05) is 0 Å². The maximum absolute atomic E-state index is 12.5. The Kier molecular flexibility index (Phi) is 7.55. The van der Waals surface area contributed by atoms with Crippen molar-refractivity contribution < 1.29 is 45.0 Å². The van der Waals surface area contributed by atoms with E-state index in [4.69, 9.17) is 14.7 Å². The molecule has 158 valence electrons. The van der Waals surface area contributed by atoms with Gasteiger partial charge in [0.05, 0.1) is 48.3 Å². The highest BCUT2D eigenvalue weighted by Crippen LogP contribution is 2.38. The number of halogens is 3. The number of ether oxygens (including phenoxy) is 2. The average molecular weight is 438 g/mol. The largest absolute Gasteiger partial charge is 0.534 e. The molecule has 0 aromatic heterocycles. The summed E-state index contributed by atoms with van der Waals surface area (Å²) >= 11 is 0. The SMILES string of the molecule is CCOC(=O)/C(=C/c1cc(OC)c(OS(=O)(=O)C(F)(F)F)cc1[N+](=O)[O-])CC#N. The predicted molar refractivity (Wildman–Crippen MR) is 90.1 cm³/mol. The quantitative estimate of drug-likeness (QED) is 0.149. The third-order valence-electron chi connectivity index (χ3n) is 3.13. The molecular formula is C15H13F3N2O8S.